The summed E-state index contributed by atoms with van der Waals surface area (Å²) in [6.07, 6.45) is 4.60. The first-order chi connectivity index (χ1) is 12.1. The highest BCUT2D eigenvalue weighted by Gasteiger charge is 2.24. The van der Waals surface area contributed by atoms with Crippen LogP contribution >= 0.6 is 11.8 Å². The number of nitrogens with zero attached hydrogens (tertiary/aromatic N) is 1. The fraction of sp³-hybridized carbons (Fsp3) is 0.409. The number of anilines is 1. The van der Waals surface area contributed by atoms with Crippen molar-refractivity contribution in [2.45, 2.75) is 57.7 Å². The standard InChI is InChI=1S/C22H29NOS/c1-4-5-8-17-21(19-13-9-6-10-14-19)25-22(24)23(18(2)3)20-15-11-7-12-16-20/h6-7,9-16,18,21H,4-5,8,17H2,1-3H3/t21-/m1/s1. The number of thioether (sulfide) groups is 1. The number of hydrogen-bond donors (Lipinski definition) is 0. The molecule has 2 aromatic carbocycles. The van der Waals surface area contributed by atoms with Gasteiger partial charge in [0.2, 0.25) is 0 Å². The van der Waals surface area contributed by atoms with E-state index in [1.807, 2.05) is 41.3 Å². The highest BCUT2D eigenvalue weighted by Crippen LogP contribution is 2.37. The fourth-order valence-corrected chi connectivity index (χ4v) is 4.17. The molecular weight excluding hydrogens is 326 g/mol. The van der Waals surface area contributed by atoms with Gasteiger partial charge < -0.3 is 4.90 Å². The Kier molecular flexibility index (Phi) is 8.07. The molecular formula is C22H29NOS. The van der Waals surface area contributed by atoms with E-state index in [2.05, 4.69) is 45.0 Å². The Labute approximate surface area is 156 Å². The van der Waals surface area contributed by atoms with E-state index >= 15 is 0 Å². The zero-order valence-corrected chi connectivity index (χ0v) is 16.3. The molecule has 0 saturated carbocycles. The predicted octanol–water partition coefficient (Wildman–Crippen LogP) is 7.08. The van der Waals surface area contributed by atoms with Gasteiger partial charge in [0, 0.05) is 17.0 Å². The highest BCUT2D eigenvalue weighted by atomic mass is 32.2. The van der Waals surface area contributed by atoms with Crippen LogP contribution in [0, 0.1) is 0 Å². The lowest BCUT2D eigenvalue weighted by Gasteiger charge is -2.28. The van der Waals surface area contributed by atoms with E-state index in [4.69, 9.17) is 0 Å². The van der Waals surface area contributed by atoms with E-state index in [1.165, 1.54) is 30.2 Å². The van der Waals surface area contributed by atoms with Crippen LogP contribution in [0.5, 0.6) is 0 Å². The first-order valence-corrected chi connectivity index (χ1v) is 10.1. The molecule has 0 aromatic heterocycles. The van der Waals surface area contributed by atoms with Gasteiger partial charge in [0.05, 0.1) is 0 Å². The molecule has 0 N–H and O–H groups in total. The number of amides is 1. The quantitative estimate of drug-likeness (QED) is 0.472. The molecule has 2 aromatic rings. The third-order valence-corrected chi connectivity index (χ3v) is 5.42. The Hall–Kier alpha value is -1.74. The maximum atomic E-state index is 13.1. The van der Waals surface area contributed by atoms with Crippen LogP contribution in [-0.4, -0.2) is 11.3 Å². The van der Waals surface area contributed by atoms with Crippen molar-refractivity contribution in [3.8, 4) is 0 Å². The molecule has 0 bridgehead atoms. The summed E-state index contributed by atoms with van der Waals surface area (Å²) in [6, 6.07) is 20.5. The second-order valence-corrected chi connectivity index (χ2v) is 7.73. The number of rotatable bonds is 8. The van der Waals surface area contributed by atoms with Gasteiger partial charge in [-0.3, -0.25) is 4.79 Å². The Balaban J connectivity index is 2.16. The second kappa shape index (κ2) is 10.3. The van der Waals surface area contributed by atoms with Gasteiger partial charge in [0.15, 0.2) is 0 Å². The van der Waals surface area contributed by atoms with Crippen molar-refractivity contribution < 1.29 is 4.79 Å². The molecule has 2 nitrogen and oxygen atoms in total. The third-order valence-electron chi connectivity index (χ3n) is 4.23. The van der Waals surface area contributed by atoms with Gasteiger partial charge in [0.25, 0.3) is 5.24 Å². The van der Waals surface area contributed by atoms with Gasteiger partial charge in [-0.2, -0.15) is 0 Å². The smallest absolute Gasteiger partial charge is 0.286 e. The van der Waals surface area contributed by atoms with E-state index < -0.39 is 0 Å². The van der Waals surface area contributed by atoms with Crippen molar-refractivity contribution in [2.75, 3.05) is 4.90 Å². The number of para-hydroxylation sites is 1. The molecule has 0 spiro atoms. The summed E-state index contributed by atoms with van der Waals surface area (Å²) >= 11 is 1.47. The molecule has 0 aliphatic carbocycles. The topological polar surface area (TPSA) is 20.3 Å². The summed E-state index contributed by atoms with van der Waals surface area (Å²) in [5, 5.41) is 0.344. The fourth-order valence-electron chi connectivity index (χ4n) is 2.92. The van der Waals surface area contributed by atoms with E-state index in [9.17, 15) is 4.79 Å². The molecule has 25 heavy (non-hydrogen) atoms. The maximum Gasteiger partial charge on any atom is 0.286 e. The Morgan fingerprint density at radius 3 is 2.12 bits per heavy atom. The summed E-state index contributed by atoms with van der Waals surface area (Å²) in [6.45, 7) is 6.35. The molecule has 134 valence electrons. The largest absolute Gasteiger partial charge is 0.301 e. The van der Waals surface area contributed by atoms with Crippen molar-refractivity contribution in [2.24, 2.45) is 0 Å². The Morgan fingerprint density at radius 1 is 0.960 bits per heavy atom. The first kappa shape index (κ1) is 19.6. The van der Waals surface area contributed by atoms with Crippen molar-refractivity contribution in [1.29, 1.82) is 0 Å². The molecule has 3 heteroatoms. The second-order valence-electron chi connectivity index (χ2n) is 6.58. The number of unbranched alkanes of at least 4 members (excludes halogenated alkanes) is 2. The van der Waals surface area contributed by atoms with E-state index in [1.54, 1.807) is 0 Å². The highest BCUT2D eigenvalue weighted by molar-refractivity contribution is 8.14. The van der Waals surface area contributed by atoms with Crippen LogP contribution in [0.25, 0.3) is 0 Å². The molecule has 1 atom stereocenters. The average molecular weight is 356 g/mol. The van der Waals surface area contributed by atoms with E-state index in [0.717, 1.165) is 18.5 Å². The van der Waals surface area contributed by atoms with Gasteiger partial charge in [-0.1, -0.05) is 86.5 Å². The molecule has 0 aliphatic rings. The Bertz CT molecular complexity index is 627. The molecule has 0 unspecified atom stereocenters. The normalized spacial score (nSPS) is 12.2. The lowest BCUT2D eigenvalue weighted by atomic mass is 10.1. The monoisotopic (exact) mass is 355 g/mol. The zero-order valence-electron chi connectivity index (χ0n) is 15.5. The minimum atomic E-state index is 0.131. The van der Waals surface area contributed by atoms with Crippen molar-refractivity contribution in [3.05, 3.63) is 66.2 Å². The zero-order chi connectivity index (χ0) is 18.1. The van der Waals surface area contributed by atoms with Crippen molar-refractivity contribution in [1.82, 2.24) is 0 Å². The van der Waals surface area contributed by atoms with Crippen molar-refractivity contribution in [3.63, 3.8) is 0 Å². The van der Waals surface area contributed by atoms with Gasteiger partial charge in [-0.05, 0) is 38.0 Å². The lowest BCUT2D eigenvalue weighted by molar-refractivity contribution is 0.263. The van der Waals surface area contributed by atoms with Gasteiger partial charge in [0.1, 0.15) is 0 Å². The average Bonchev–Trinajstić information content (AvgIpc) is 2.62. The lowest BCUT2D eigenvalue weighted by Crippen LogP contribution is -2.34. The molecule has 2 rings (SSSR count). The number of carbonyl (C=O) groups excluding carboxylic acids is 1. The molecule has 0 fully saturated rings. The van der Waals surface area contributed by atoms with Crippen LogP contribution in [-0.2, 0) is 0 Å². The molecule has 0 saturated heterocycles. The molecule has 1 amide bonds. The maximum absolute atomic E-state index is 13.1. The SMILES string of the molecule is CCCCC[C@@H](SC(=O)N(c1ccccc1)C(C)C)c1ccccc1. The van der Waals surface area contributed by atoms with Crippen LogP contribution in [0.3, 0.4) is 0 Å². The van der Waals surface area contributed by atoms with Gasteiger partial charge >= 0.3 is 0 Å². The number of benzene rings is 2. The molecule has 0 heterocycles. The molecule has 0 radical (unpaired) electrons. The van der Waals surface area contributed by atoms with Crippen LogP contribution in [0.1, 0.15) is 57.3 Å². The summed E-state index contributed by atoms with van der Waals surface area (Å²) in [5.74, 6) is 0. The summed E-state index contributed by atoms with van der Waals surface area (Å²) in [7, 11) is 0. The van der Waals surface area contributed by atoms with Crippen LogP contribution < -0.4 is 4.90 Å². The first-order valence-electron chi connectivity index (χ1n) is 9.23. The van der Waals surface area contributed by atoms with Crippen LogP contribution in [0.4, 0.5) is 10.5 Å². The van der Waals surface area contributed by atoms with E-state index in [0.29, 0.717) is 0 Å². The van der Waals surface area contributed by atoms with Crippen LogP contribution in [0.15, 0.2) is 60.7 Å². The van der Waals surface area contributed by atoms with E-state index in [-0.39, 0.29) is 16.5 Å². The van der Waals surface area contributed by atoms with Gasteiger partial charge in [-0.15, -0.1) is 0 Å². The van der Waals surface area contributed by atoms with Gasteiger partial charge in [-0.25, -0.2) is 0 Å². The number of carbonyl (C=O) groups is 1. The molecule has 0 aliphatic heterocycles. The third kappa shape index (κ3) is 5.93. The minimum Gasteiger partial charge on any atom is -0.301 e. The summed E-state index contributed by atoms with van der Waals surface area (Å²) in [4.78, 5) is 15.0. The summed E-state index contributed by atoms with van der Waals surface area (Å²) < 4.78 is 0. The minimum absolute atomic E-state index is 0.131. The Morgan fingerprint density at radius 2 is 1.56 bits per heavy atom. The van der Waals surface area contributed by atoms with Crippen LogP contribution in [0.2, 0.25) is 0 Å². The van der Waals surface area contributed by atoms with Crippen molar-refractivity contribution >= 4 is 22.7 Å². The predicted molar refractivity (Wildman–Crippen MR) is 110 cm³/mol. The summed E-state index contributed by atoms with van der Waals surface area (Å²) in [5.41, 5.74) is 2.21. The number of hydrogen-bond acceptors (Lipinski definition) is 2.